The van der Waals surface area contributed by atoms with Crippen LogP contribution in [0.5, 0.6) is 11.5 Å². The molecule has 0 aliphatic heterocycles. The number of methoxy groups -OCH3 is 1. The van der Waals surface area contributed by atoms with Crippen molar-refractivity contribution in [2.45, 2.75) is 6.92 Å². The Morgan fingerprint density at radius 2 is 1.84 bits per heavy atom. The van der Waals surface area contributed by atoms with E-state index in [1.165, 1.54) is 0 Å². The van der Waals surface area contributed by atoms with E-state index in [1.807, 2.05) is 73.7 Å². The number of benzene rings is 3. The maximum atomic E-state index is 12.8. The zero-order valence-corrected chi connectivity index (χ0v) is 18.8. The molecule has 0 atom stereocenters. The first-order valence-electron chi connectivity index (χ1n) is 9.86. The Balaban J connectivity index is 1.72. The molecule has 4 rings (SSSR count). The Labute approximate surface area is 189 Å². The van der Waals surface area contributed by atoms with Crippen LogP contribution < -0.4 is 14.8 Å². The SMILES string of the molecule is CCOc1cc(-c2cccc(OC)c2)nc2ccc(C(=O)Nc3ccc(Br)cc3)cc12. The number of amides is 1. The maximum Gasteiger partial charge on any atom is 0.255 e. The van der Waals surface area contributed by atoms with Crippen molar-refractivity contribution >= 4 is 38.4 Å². The number of nitrogens with one attached hydrogen (secondary N) is 1. The summed E-state index contributed by atoms with van der Waals surface area (Å²) in [5.41, 5.74) is 3.72. The smallest absolute Gasteiger partial charge is 0.255 e. The molecule has 0 aliphatic carbocycles. The van der Waals surface area contributed by atoms with Gasteiger partial charge in [-0.15, -0.1) is 0 Å². The van der Waals surface area contributed by atoms with Crippen molar-refractivity contribution in [3.8, 4) is 22.8 Å². The van der Waals surface area contributed by atoms with Gasteiger partial charge in [-0.05, 0) is 61.5 Å². The number of anilines is 1. The van der Waals surface area contributed by atoms with Gasteiger partial charge in [0, 0.05) is 32.7 Å². The van der Waals surface area contributed by atoms with Crippen molar-refractivity contribution in [2.75, 3.05) is 19.0 Å². The van der Waals surface area contributed by atoms with Crippen molar-refractivity contribution in [3.05, 3.63) is 82.8 Å². The molecular formula is C25H21BrN2O3. The second-order valence-electron chi connectivity index (χ2n) is 6.86. The Morgan fingerprint density at radius 3 is 2.58 bits per heavy atom. The average molecular weight is 477 g/mol. The minimum atomic E-state index is -0.191. The number of nitrogens with zero attached hydrogens (tertiary/aromatic N) is 1. The van der Waals surface area contributed by atoms with Crippen LogP contribution in [0.1, 0.15) is 17.3 Å². The van der Waals surface area contributed by atoms with E-state index in [-0.39, 0.29) is 5.91 Å². The van der Waals surface area contributed by atoms with Crippen molar-refractivity contribution in [1.29, 1.82) is 0 Å². The molecule has 1 N–H and O–H groups in total. The van der Waals surface area contributed by atoms with Crippen molar-refractivity contribution < 1.29 is 14.3 Å². The van der Waals surface area contributed by atoms with E-state index >= 15 is 0 Å². The van der Waals surface area contributed by atoms with E-state index < -0.39 is 0 Å². The second kappa shape index (κ2) is 9.18. The van der Waals surface area contributed by atoms with Gasteiger partial charge in [0.25, 0.3) is 5.91 Å². The van der Waals surface area contributed by atoms with Crippen LogP contribution in [0.3, 0.4) is 0 Å². The first kappa shape index (κ1) is 20.9. The fourth-order valence-electron chi connectivity index (χ4n) is 3.28. The zero-order valence-electron chi connectivity index (χ0n) is 17.2. The molecule has 156 valence electrons. The van der Waals surface area contributed by atoms with E-state index in [0.29, 0.717) is 17.9 Å². The molecule has 3 aromatic carbocycles. The highest BCUT2D eigenvalue weighted by molar-refractivity contribution is 9.10. The fourth-order valence-corrected chi connectivity index (χ4v) is 3.54. The summed E-state index contributed by atoms with van der Waals surface area (Å²) in [5.74, 6) is 1.25. The zero-order chi connectivity index (χ0) is 21.8. The van der Waals surface area contributed by atoms with Crippen molar-refractivity contribution in [1.82, 2.24) is 4.98 Å². The number of pyridine rings is 1. The summed E-state index contributed by atoms with van der Waals surface area (Å²) < 4.78 is 12.2. The Morgan fingerprint density at radius 1 is 1.03 bits per heavy atom. The molecule has 0 bridgehead atoms. The summed E-state index contributed by atoms with van der Waals surface area (Å²) in [7, 11) is 1.64. The van der Waals surface area contributed by atoms with Gasteiger partial charge in [-0.1, -0.05) is 28.1 Å². The summed E-state index contributed by atoms with van der Waals surface area (Å²) in [5, 5.41) is 3.71. The molecule has 1 aromatic heterocycles. The number of ether oxygens (including phenoxy) is 2. The molecule has 5 nitrogen and oxygen atoms in total. The highest BCUT2D eigenvalue weighted by atomic mass is 79.9. The van der Waals surface area contributed by atoms with Gasteiger partial charge >= 0.3 is 0 Å². The normalized spacial score (nSPS) is 10.7. The summed E-state index contributed by atoms with van der Waals surface area (Å²) in [4.78, 5) is 17.6. The van der Waals surface area contributed by atoms with E-state index in [9.17, 15) is 4.79 Å². The lowest BCUT2D eigenvalue weighted by molar-refractivity contribution is 0.102. The van der Waals surface area contributed by atoms with Gasteiger partial charge in [0.2, 0.25) is 0 Å². The number of hydrogen-bond donors (Lipinski definition) is 1. The monoisotopic (exact) mass is 476 g/mol. The molecule has 0 spiro atoms. The molecule has 1 amide bonds. The number of aromatic nitrogens is 1. The van der Waals surface area contributed by atoms with Crippen LogP contribution in [0.2, 0.25) is 0 Å². The summed E-state index contributed by atoms with van der Waals surface area (Å²) in [6, 6.07) is 22.5. The number of halogens is 1. The van der Waals surface area contributed by atoms with Crippen LogP contribution in [0.25, 0.3) is 22.2 Å². The Hall–Kier alpha value is -3.38. The summed E-state index contributed by atoms with van der Waals surface area (Å²) >= 11 is 3.40. The van der Waals surface area contributed by atoms with Gasteiger partial charge in [0.15, 0.2) is 0 Å². The van der Waals surface area contributed by atoms with Crippen molar-refractivity contribution in [3.63, 3.8) is 0 Å². The van der Waals surface area contributed by atoms with Crippen LogP contribution in [0, 0.1) is 0 Å². The fraction of sp³-hybridized carbons (Fsp3) is 0.120. The molecule has 0 aliphatic rings. The lowest BCUT2D eigenvalue weighted by Gasteiger charge is -2.12. The molecule has 6 heteroatoms. The standard InChI is InChI=1S/C25H21BrN2O3/c1-3-31-24-15-23(16-5-4-6-20(13-16)30-2)28-22-12-7-17(14-21(22)24)25(29)27-19-10-8-18(26)9-11-19/h4-15H,3H2,1-2H3,(H,27,29). The number of carbonyl (C=O) groups is 1. The van der Waals surface area contributed by atoms with Gasteiger partial charge in [-0.25, -0.2) is 4.98 Å². The van der Waals surface area contributed by atoms with Crippen LogP contribution >= 0.6 is 15.9 Å². The van der Waals surface area contributed by atoms with Gasteiger partial charge < -0.3 is 14.8 Å². The van der Waals surface area contributed by atoms with E-state index in [0.717, 1.165) is 38.1 Å². The maximum absolute atomic E-state index is 12.8. The van der Waals surface area contributed by atoms with Crippen LogP contribution in [-0.2, 0) is 0 Å². The lowest BCUT2D eigenvalue weighted by atomic mass is 10.1. The molecule has 4 aromatic rings. The predicted octanol–water partition coefficient (Wildman–Crippen LogP) is 6.32. The molecule has 0 saturated carbocycles. The Kier molecular flexibility index (Phi) is 6.18. The first-order valence-corrected chi connectivity index (χ1v) is 10.7. The molecular weight excluding hydrogens is 456 g/mol. The predicted molar refractivity (Wildman–Crippen MR) is 127 cm³/mol. The number of carbonyl (C=O) groups excluding carboxylic acids is 1. The average Bonchev–Trinajstić information content (AvgIpc) is 2.80. The second-order valence-corrected chi connectivity index (χ2v) is 7.78. The van der Waals surface area contributed by atoms with Crippen LogP contribution in [-0.4, -0.2) is 24.6 Å². The van der Waals surface area contributed by atoms with Gasteiger partial charge in [-0.2, -0.15) is 0 Å². The Bertz CT molecular complexity index is 1240. The van der Waals surface area contributed by atoms with Crippen molar-refractivity contribution in [2.24, 2.45) is 0 Å². The molecule has 0 unspecified atom stereocenters. The largest absolute Gasteiger partial charge is 0.497 e. The summed E-state index contributed by atoms with van der Waals surface area (Å²) in [6.45, 7) is 2.44. The van der Waals surface area contributed by atoms with Crippen LogP contribution in [0.4, 0.5) is 5.69 Å². The highest BCUT2D eigenvalue weighted by Crippen LogP contribution is 2.32. The molecule has 31 heavy (non-hydrogen) atoms. The minimum absolute atomic E-state index is 0.191. The summed E-state index contributed by atoms with van der Waals surface area (Å²) in [6.07, 6.45) is 0. The minimum Gasteiger partial charge on any atom is -0.497 e. The van der Waals surface area contributed by atoms with E-state index in [4.69, 9.17) is 14.5 Å². The highest BCUT2D eigenvalue weighted by Gasteiger charge is 2.13. The third-order valence-corrected chi connectivity index (χ3v) is 5.33. The van der Waals surface area contributed by atoms with Gasteiger partial charge in [0.05, 0.1) is 24.9 Å². The third kappa shape index (κ3) is 4.70. The molecule has 0 saturated heterocycles. The van der Waals surface area contributed by atoms with Crippen LogP contribution in [0.15, 0.2) is 77.3 Å². The number of hydrogen-bond acceptors (Lipinski definition) is 4. The number of rotatable bonds is 6. The lowest BCUT2D eigenvalue weighted by Crippen LogP contribution is -2.11. The molecule has 0 radical (unpaired) electrons. The van der Waals surface area contributed by atoms with Gasteiger partial charge in [0.1, 0.15) is 11.5 Å². The van der Waals surface area contributed by atoms with E-state index in [1.54, 1.807) is 13.2 Å². The van der Waals surface area contributed by atoms with E-state index in [2.05, 4.69) is 21.2 Å². The number of fused-ring (bicyclic) bond motifs is 1. The third-order valence-electron chi connectivity index (χ3n) is 4.80. The first-order chi connectivity index (χ1) is 15.1. The molecule has 1 heterocycles. The quantitative estimate of drug-likeness (QED) is 0.353. The molecule has 0 fully saturated rings. The topological polar surface area (TPSA) is 60.5 Å². The van der Waals surface area contributed by atoms with Gasteiger partial charge in [-0.3, -0.25) is 4.79 Å².